The lowest BCUT2D eigenvalue weighted by Crippen LogP contribution is -2.34. The van der Waals surface area contributed by atoms with E-state index in [-0.39, 0.29) is 0 Å². The summed E-state index contributed by atoms with van der Waals surface area (Å²) in [6.07, 6.45) is 3.26. The van der Waals surface area contributed by atoms with Crippen LogP contribution in [0.2, 0.25) is 0 Å². The molecule has 1 aromatic carbocycles. The third-order valence-electron chi connectivity index (χ3n) is 3.87. The molecule has 0 aliphatic carbocycles. The molecule has 2 aromatic rings. The molecule has 2 aliphatic rings. The van der Waals surface area contributed by atoms with Crippen molar-refractivity contribution >= 4 is 5.69 Å². The van der Waals surface area contributed by atoms with E-state index in [9.17, 15) is 5.26 Å². The van der Waals surface area contributed by atoms with Crippen LogP contribution in [-0.4, -0.2) is 16.7 Å². The molecular weight excluding hydrogens is 240 g/mol. The van der Waals surface area contributed by atoms with Gasteiger partial charge in [0.15, 0.2) is 0 Å². The van der Waals surface area contributed by atoms with E-state index in [1.54, 1.807) is 6.20 Å². The van der Waals surface area contributed by atoms with E-state index >= 15 is 0 Å². The smallest absolute Gasteiger partial charge is 0.218 e. The number of aromatic amines is 1. The molecule has 92 valence electrons. The summed E-state index contributed by atoms with van der Waals surface area (Å²) >= 11 is 0. The minimum Gasteiger partial charge on any atom is -0.446 e. The minimum atomic E-state index is -0.494. The zero-order valence-corrected chi connectivity index (χ0v) is 9.97. The first kappa shape index (κ1) is 10.2. The predicted molar refractivity (Wildman–Crippen MR) is 68.6 cm³/mol. The Morgan fingerprint density at radius 2 is 2.21 bits per heavy atom. The molecule has 1 spiro atoms. The standard InChI is InChI=1S/C14H10N4O/c15-5-9-7-19-13-11(6-17-18-13)14(9)8-16-12-4-2-1-3-10(12)14/h1-4,6-7,16H,8H2,(H,17,18). The molecule has 1 aromatic heterocycles. The summed E-state index contributed by atoms with van der Waals surface area (Å²) < 4.78 is 5.44. The first-order valence-electron chi connectivity index (χ1n) is 6.01. The van der Waals surface area contributed by atoms with Gasteiger partial charge in [-0.05, 0) is 11.6 Å². The van der Waals surface area contributed by atoms with Crippen molar-refractivity contribution in [2.24, 2.45) is 0 Å². The largest absolute Gasteiger partial charge is 0.446 e. The summed E-state index contributed by atoms with van der Waals surface area (Å²) in [4.78, 5) is 0. The first-order valence-corrected chi connectivity index (χ1v) is 6.01. The fraction of sp³-hybridized carbons (Fsp3) is 0.143. The van der Waals surface area contributed by atoms with Gasteiger partial charge < -0.3 is 10.1 Å². The van der Waals surface area contributed by atoms with Crippen LogP contribution in [0.15, 0.2) is 42.3 Å². The van der Waals surface area contributed by atoms with Gasteiger partial charge in [0.25, 0.3) is 0 Å². The summed E-state index contributed by atoms with van der Waals surface area (Å²) in [5, 5.41) is 19.7. The number of benzene rings is 1. The second-order valence-electron chi connectivity index (χ2n) is 4.68. The Balaban J connectivity index is 2.06. The van der Waals surface area contributed by atoms with Gasteiger partial charge in [0.1, 0.15) is 6.26 Å². The maximum absolute atomic E-state index is 9.45. The highest BCUT2D eigenvalue weighted by Crippen LogP contribution is 2.50. The highest BCUT2D eigenvalue weighted by molar-refractivity contribution is 5.71. The number of nitriles is 1. The fourth-order valence-electron chi connectivity index (χ4n) is 2.97. The summed E-state index contributed by atoms with van der Waals surface area (Å²) in [7, 11) is 0. The SMILES string of the molecule is N#CC1=COc2[nH]ncc2C12CNc1ccccc12. The van der Waals surface area contributed by atoms with Gasteiger partial charge in [0, 0.05) is 12.2 Å². The molecule has 3 heterocycles. The van der Waals surface area contributed by atoms with Crippen molar-refractivity contribution in [1.82, 2.24) is 10.2 Å². The molecule has 5 heteroatoms. The third-order valence-corrected chi connectivity index (χ3v) is 3.87. The number of hydrogen-bond acceptors (Lipinski definition) is 4. The maximum Gasteiger partial charge on any atom is 0.218 e. The first-order chi connectivity index (χ1) is 9.36. The zero-order chi connectivity index (χ0) is 12.9. The lowest BCUT2D eigenvalue weighted by Gasteiger charge is -2.30. The van der Waals surface area contributed by atoms with Crippen LogP contribution in [0.3, 0.4) is 0 Å². The van der Waals surface area contributed by atoms with Crippen molar-refractivity contribution in [2.45, 2.75) is 5.41 Å². The normalized spacial score (nSPS) is 22.8. The van der Waals surface area contributed by atoms with E-state index in [2.05, 4.69) is 21.6 Å². The molecule has 0 fully saturated rings. The van der Waals surface area contributed by atoms with Crippen LogP contribution in [0.4, 0.5) is 5.69 Å². The molecule has 0 bridgehead atoms. The second-order valence-corrected chi connectivity index (χ2v) is 4.68. The molecule has 0 saturated heterocycles. The molecule has 0 saturated carbocycles. The average Bonchev–Trinajstić information content (AvgIpc) is 3.06. The number of aromatic nitrogens is 2. The number of H-pyrrole nitrogens is 1. The number of anilines is 1. The van der Waals surface area contributed by atoms with Crippen LogP contribution in [-0.2, 0) is 5.41 Å². The zero-order valence-electron chi connectivity index (χ0n) is 9.97. The van der Waals surface area contributed by atoms with Gasteiger partial charge in [0.05, 0.1) is 28.8 Å². The van der Waals surface area contributed by atoms with E-state index in [0.29, 0.717) is 18.0 Å². The van der Waals surface area contributed by atoms with E-state index in [1.807, 2.05) is 24.3 Å². The quantitative estimate of drug-likeness (QED) is 0.749. The predicted octanol–water partition coefficient (Wildman–Crippen LogP) is 1.92. The molecule has 0 radical (unpaired) electrons. The monoisotopic (exact) mass is 250 g/mol. The van der Waals surface area contributed by atoms with E-state index < -0.39 is 5.41 Å². The van der Waals surface area contributed by atoms with E-state index in [4.69, 9.17) is 4.74 Å². The van der Waals surface area contributed by atoms with Crippen molar-refractivity contribution in [3.05, 3.63) is 53.4 Å². The van der Waals surface area contributed by atoms with Gasteiger partial charge in [-0.15, -0.1) is 0 Å². The minimum absolute atomic E-state index is 0.494. The van der Waals surface area contributed by atoms with Crippen LogP contribution in [0.1, 0.15) is 11.1 Å². The van der Waals surface area contributed by atoms with Gasteiger partial charge in [-0.1, -0.05) is 18.2 Å². The summed E-state index contributed by atoms with van der Waals surface area (Å²) in [5.41, 5.74) is 3.15. The van der Waals surface area contributed by atoms with Gasteiger partial charge in [-0.25, -0.2) is 5.10 Å². The molecular formula is C14H10N4O. The number of fused-ring (bicyclic) bond motifs is 4. The highest BCUT2D eigenvalue weighted by Gasteiger charge is 2.48. The van der Waals surface area contributed by atoms with Gasteiger partial charge in [-0.2, -0.15) is 10.4 Å². The molecule has 19 heavy (non-hydrogen) atoms. The summed E-state index contributed by atoms with van der Waals surface area (Å²) in [5.74, 6) is 0.609. The van der Waals surface area contributed by atoms with Crippen LogP contribution in [0.25, 0.3) is 0 Å². The van der Waals surface area contributed by atoms with Gasteiger partial charge in [-0.3, -0.25) is 0 Å². The number of nitrogens with one attached hydrogen (secondary N) is 2. The number of rotatable bonds is 0. The average molecular weight is 250 g/mol. The molecule has 0 amide bonds. The molecule has 4 rings (SSSR count). The van der Waals surface area contributed by atoms with Crippen molar-refractivity contribution in [3.8, 4) is 11.9 Å². The molecule has 2 aliphatic heterocycles. The second kappa shape index (κ2) is 3.39. The third kappa shape index (κ3) is 1.11. The van der Waals surface area contributed by atoms with E-state index in [1.165, 1.54) is 6.26 Å². The van der Waals surface area contributed by atoms with Gasteiger partial charge in [0.2, 0.25) is 5.88 Å². The molecule has 1 atom stereocenters. The lowest BCUT2D eigenvalue weighted by atomic mass is 9.71. The summed E-state index contributed by atoms with van der Waals surface area (Å²) in [6, 6.07) is 10.3. The fourth-order valence-corrected chi connectivity index (χ4v) is 2.97. The van der Waals surface area contributed by atoms with Crippen molar-refractivity contribution in [1.29, 1.82) is 5.26 Å². The van der Waals surface area contributed by atoms with Crippen LogP contribution >= 0.6 is 0 Å². The Morgan fingerprint density at radius 1 is 1.32 bits per heavy atom. The van der Waals surface area contributed by atoms with Crippen molar-refractivity contribution < 1.29 is 4.74 Å². The van der Waals surface area contributed by atoms with Crippen molar-refractivity contribution in [3.63, 3.8) is 0 Å². The Kier molecular flexibility index (Phi) is 1.82. The van der Waals surface area contributed by atoms with Crippen LogP contribution in [0, 0.1) is 11.3 Å². The molecule has 1 unspecified atom stereocenters. The topological polar surface area (TPSA) is 73.7 Å². The Labute approximate surface area is 109 Å². The van der Waals surface area contributed by atoms with Crippen molar-refractivity contribution in [2.75, 3.05) is 11.9 Å². The Morgan fingerprint density at radius 3 is 3.11 bits per heavy atom. The Bertz CT molecular complexity index is 740. The van der Waals surface area contributed by atoms with E-state index in [0.717, 1.165) is 16.8 Å². The van der Waals surface area contributed by atoms with Crippen LogP contribution in [0.5, 0.6) is 5.88 Å². The molecule has 5 nitrogen and oxygen atoms in total. The number of nitrogens with zero attached hydrogens (tertiary/aromatic N) is 2. The lowest BCUT2D eigenvalue weighted by molar-refractivity contribution is 0.415. The summed E-state index contributed by atoms with van der Waals surface area (Å²) in [6.45, 7) is 0.641. The maximum atomic E-state index is 9.45. The van der Waals surface area contributed by atoms with Gasteiger partial charge >= 0.3 is 0 Å². The number of hydrogen-bond donors (Lipinski definition) is 2. The highest BCUT2D eigenvalue weighted by atomic mass is 16.5. The number of ether oxygens (including phenoxy) is 1. The van der Waals surface area contributed by atoms with Crippen LogP contribution < -0.4 is 10.1 Å². The Hall–Kier alpha value is -2.74. The molecule has 2 N–H and O–H groups in total. The number of para-hydroxylation sites is 1.